The summed E-state index contributed by atoms with van der Waals surface area (Å²) in [4.78, 5) is 11.7. The van der Waals surface area contributed by atoms with Gasteiger partial charge in [-0.15, -0.1) is 0 Å². The van der Waals surface area contributed by atoms with Crippen LogP contribution in [-0.2, 0) is 7.05 Å². The molecule has 0 radical (unpaired) electrons. The molecule has 0 saturated carbocycles. The Hall–Kier alpha value is -2.68. The molecule has 0 unspecified atom stereocenters. The Kier molecular flexibility index (Phi) is 9.83. The smallest absolute Gasteiger partial charge is 0.323 e. The van der Waals surface area contributed by atoms with Gasteiger partial charge < -0.3 is 33.8 Å². The molecule has 1 saturated heterocycles. The number of likely N-dealkylation sites (tertiary alicyclic amines) is 1. The fraction of sp³-hybridized carbons (Fsp3) is 0.314. The van der Waals surface area contributed by atoms with Crippen LogP contribution in [-0.4, -0.2) is 36.1 Å². The van der Waals surface area contributed by atoms with Crippen LogP contribution in [0.25, 0.3) is 29.1 Å². The second-order valence-electron chi connectivity index (χ2n) is 11.3. The van der Waals surface area contributed by atoms with E-state index < -0.39 is 0 Å². The van der Waals surface area contributed by atoms with Crippen molar-refractivity contribution in [1.82, 2.24) is 9.88 Å². The zero-order chi connectivity index (χ0) is 27.5. The SMILES string of the molecule is Cc1ccc(/C=C/c2nc(/C=C3\Sc4ccccc4N3CCCN3CCC(C)CC3)c3ccccc3[n+]2C)cc1.[I-]. The summed E-state index contributed by atoms with van der Waals surface area (Å²) < 4.78 is 2.19. The minimum absolute atomic E-state index is 0. The fourth-order valence-corrected chi connectivity index (χ4v) is 6.84. The van der Waals surface area contributed by atoms with Crippen LogP contribution in [0.3, 0.4) is 0 Å². The number of piperidine rings is 1. The molecule has 1 aromatic heterocycles. The van der Waals surface area contributed by atoms with E-state index in [4.69, 9.17) is 4.98 Å². The largest absolute Gasteiger partial charge is 1.00 e. The summed E-state index contributed by atoms with van der Waals surface area (Å²) >= 11 is 1.86. The van der Waals surface area contributed by atoms with Gasteiger partial charge in [0.25, 0.3) is 0 Å². The number of thioether (sulfide) groups is 1. The molecule has 0 aliphatic carbocycles. The quantitative estimate of drug-likeness (QED) is 0.212. The van der Waals surface area contributed by atoms with Crippen LogP contribution in [0.15, 0.2) is 82.7 Å². The minimum Gasteiger partial charge on any atom is -1.00 e. The summed E-state index contributed by atoms with van der Waals surface area (Å²) in [5, 5.41) is 2.43. The molecule has 0 spiro atoms. The number of rotatable bonds is 7. The lowest BCUT2D eigenvalue weighted by Crippen LogP contribution is -3.00. The molecule has 1 fully saturated rings. The number of nitrogens with zero attached hydrogens (tertiary/aromatic N) is 4. The van der Waals surface area contributed by atoms with Crippen LogP contribution >= 0.6 is 11.8 Å². The average molecular weight is 675 g/mol. The minimum atomic E-state index is 0. The van der Waals surface area contributed by atoms with Crippen LogP contribution in [0.2, 0.25) is 0 Å². The highest BCUT2D eigenvalue weighted by molar-refractivity contribution is 8.03. The van der Waals surface area contributed by atoms with Gasteiger partial charge in [-0.3, -0.25) is 0 Å². The van der Waals surface area contributed by atoms with Gasteiger partial charge in [-0.1, -0.05) is 72.8 Å². The Morgan fingerprint density at radius 3 is 2.46 bits per heavy atom. The van der Waals surface area contributed by atoms with Crippen LogP contribution < -0.4 is 33.4 Å². The number of aromatic nitrogens is 2. The van der Waals surface area contributed by atoms with E-state index in [1.54, 1.807) is 0 Å². The average Bonchev–Trinajstić information content (AvgIpc) is 3.32. The molecule has 4 nitrogen and oxygen atoms in total. The van der Waals surface area contributed by atoms with Crippen molar-refractivity contribution in [3.8, 4) is 0 Å². The van der Waals surface area contributed by atoms with Gasteiger partial charge >= 0.3 is 5.82 Å². The highest BCUT2D eigenvalue weighted by atomic mass is 127. The first kappa shape index (κ1) is 29.8. The second-order valence-corrected chi connectivity index (χ2v) is 12.3. The Labute approximate surface area is 266 Å². The van der Waals surface area contributed by atoms with E-state index in [9.17, 15) is 0 Å². The standard InChI is InChI=1S/C35H39N4S.HI/c1-26-13-15-28(16-14-26)17-18-34-36-30(29-9-4-5-10-31(29)37(34)3)25-35-39(32-11-6-7-12-33(32)40-35)22-8-21-38-23-19-27(2)20-24-38;/h4-7,9-18,25,27H,8,19-24H2,1-3H3;1H/q+1;/p-1/b18-17+;. The summed E-state index contributed by atoms with van der Waals surface area (Å²) in [6.45, 7) is 9.17. The summed E-state index contributed by atoms with van der Waals surface area (Å²) in [6.07, 6.45) is 10.4. The predicted molar refractivity (Wildman–Crippen MR) is 170 cm³/mol. The lowest BCUT2D eigenvalue weighted by Gasteiger charge is -2.31. The van der Waals surface area contributed by atoms with Crippen LogP contribution in [0.5, 0.6) is 0 Å². The molecule has 0 atom stereocenters. The zero-order valence-electron chi connectivity index (χ0n) is 24.3. The van der Waals surface area contributed by atoms with Crippen LogP contribution in [0.4, 0.5) is 5.69 Å². The number of hydrogen-bond acceptors (Lipinski definition) is 4. The van der Waals surface area contributed by atoms with E-state index in [1.807, 2.05) is 11.8 Å². The van der Waals surface area contributed by atoms with Crippen LogP contribution in [0, 0.1) is 12.8 Å². The molecular weight excluding hydrogens is 635 g/mol. The molecule has 2 aliphatic heterocycles. The monoisotopic (exact) mass is 674 g/mol. The third-order valence-corrected chi connectivity index (χ3v) is 9.36. The Morgan fingerprint density at radius 1 is 0.927 bits per heavy atom. The number of halogens is 1. The Balaban J connectivity index is 0.00000337. The van der Waals surface area contributed by atoms with E-state index in [0.717, 1.165) is 30.4 Å². The Morgan fingerprint density at radius 2 is 1.66 bits per heavy atom. The number of aryl methyl sites for hydroxylation is 2. The molecule has 4 aromatic rings. The maximum Gasteiger partial charge on any atom is 0.323 e. The summed E-state index contributed by atoms with van der Waals surface area (Å²) in [5.41, 5.74) is 5.96. The van der Waals surface area contributed by atoms with Crippen molar-refractivity contribution in [2.45, 2.75) is 38.0 Å². The van der Waals surface area contributed by atoms with Gasteiger partial charge in [0.1, 0.15) is 5.52 Å². The summed E-state index contributed by atoms with van der Waals surface area (Å²) in [5.74, 6) is 1.82. The van der Waals surface area contributed by atoms with Crippen molar-refractivity contribution in [3.05, 3.63) is 100 Å². The summed E-state index contributed by atoms with van der Waals surface area (Å²) in [6, 6.07) is 26.0. The van der Waals surface area contributed by atoms with Gasteiger partial charge in [0.15, 0.2) is 5.69 Å². The molecule has 0 amide bonds. The third kappa shape index (κ3) is 6.87. The van der Waals surface area contributed by atoms with Crippen molar-refractivity contribution in [2.24, 2.45) is 13.0 Å². The third-order valence-electron chi connectivity index (χ3n) is 8.25. The predicted octanol–water partition coefficient (Wildman–Crippen LogP) is 4.57. The molecule has 0 bridgehead atoms. The number of benzene rings is 3. The lowest BCUT2D eigenvalue weighted by molar-refractivity contribution is -0.649. The van der Waals surface area contributed by atoms with Crippen molar-refractivity contribution < 1.29 is 28.5 Å². The molecule has 2 aliphatic rings. The maximum atomic E-state index is 5.21. The Bertz CT molecular complexity index is 1550. The van der Waals surface area contributed by atoms with E-state index in [1.165, 1.54) is 70.1 Å². The van der Waals surface area contributed by atoms with E-state index in [-0.39, 0.29) is 24.0 Å². The van der Waals surface area contributed by atoms with Crippen molar-refractivity contribution in [1.29, 1.82) is 0 Å². The lowest BCUT2D eigenvalue weighted by atomic mass is 9.99. The van der Waals surface area contributed by atoms with Crippen molar-refractivity contribution >= 4 is 46.6 Å². The highest BCUT2D eigenvalue weighted by Crippen LogP contribution is 2.46. The number of fused-ring (bicyclic) bond motifs is 2. The first-order valence-corrected chi connectivity index (χ1v) is 15.4. The van der Waals surface area contributed by atoms with Gasteiger partial charge in [-0.05, 0) is 92.6 Å². The van der Waals surface area contributed by atoms with Gasteiger partial charge in [-0.25, -0.2) is 4.57 Å². The number of anilines is 1. The molecule has 212 valence electrons. The highest BCUT2D eigenvalue weighted by Gasteiger charge is 2.27. The zero-order valence-corrected chi connectivity index (χ0v) is 27.2. The molecular formula is C35H39IN4S. The van der Waals surface area contributed by atoms with Crippen molar-refractivity contribution in [3.63, 3.8) is 0 Å². The first-order valence-electron chi connectivity index (χ1n) is 14.6. The topological polar surface area (TPSA) is 23.3 Å². The van der Waals surface area contributed by atoms with Crippen molar-refractivity contribution in [2.75, 3.05) is 31.1 Å². The van der Waals surface area contributed by atoms with Gasteiger partial charge in [0, 0.05) is 23.6 Å². The fourth-order valence-electron chi connectivity index (χ4n) is 5.72. The van der Waals surface area contributed by atoms with E-state index in [2.05, 4.69) is 126 Å². The van der Waals surface area contributed by atoms with Gasteiger partial charge in [0.2, 0.25) is 0 Å². The van der Waals surface area contributed by atoms with Gasteiger partial charge in [0.05, 0.1) is 23.2 Å². The molecule has 3 heterocycles. The molecule has 41 heavy (non-hydrogen) atoms. The second kappa shape index (κ2) is 13.5. The normalized spacial score (nSPS) is 17.0. The van der Waals surface area contributed by atoms with E-state index in [0.29, 0.717) is 0 Å². The molecule has 0 N–H and O–H groups in total. The first-order chi connectivity index (χ1) is 19.5. The van der Waals surface area contributed by atoms with Gasteiger partial charge in [-0.2, -0.15) is 0 Å². The number of para-hydroxylation sites is 2. The van der Waals surface area contributed by atoms with E-state index >= 15 is 0 Å². The molecule has 6 rings (SSSR count). The number of hydrogen-bond donors (Lipinski definition) is 0. The maximum absolute atomic E-state index is 5.21. The molecule has 3 aromatic carbocycles. The van der Waals surface area contributed by atoms with Crippen LogP contribution in [0.1, 0.15) is 48.8 Å². The summed E-state index contributed by atoms with van der Waals surface area (Å²) in [7, 11) is 2.11. The molecule has 6 heteroatoms.